The molecule has 0 saturated heterocycles. The molecule has 0 fully saturated rings. The Morgan fingerprint density at radius 1 is 0.969 bits per heavy atom. The molecule has 0 saturated carbocycles. The summed E-state index contributed by atoms with van der Waals surface area (Å²) in [7, 11) is 1.84. The summed E-state index contributed by atoms with van der Waals surface area (Å²) < 4.78 is 3.16. The lowest BCUT2D eigenvalue weighted by molar-refractivity contribution is 0.0983. The number of anilines is 1. The first-order valence-corrected chi connectivity index (χ1v) is 10.4. The Kier molecular flexibility index (Phi) is 4.78. The Hall–Kier alpha value is -4.26. The van der Waals surface area contributed by atoms with E-state index < -0.39 is 0 Å². The van der Waals surface area contributed by atoms with Crippen molar-refractivity contribution in [2.24, 2.45) is 7.05 Å². The zero-order valence-corrected chi connectivity index (χ0v) is 17.8. The molecule has 1 amide bonds. The molecular weight excluding hydrogens is 402 g/mol. The lowest BCUT2D eigenvalue weighted by Gasteiger charge is -2.21. The molecule has 32 heavy (non-hydrogen) atoms. The van der Waals surface area contributed by atoms with E-state index in [2.05, 4.69) is 10.1 Å². The van der Waals surface area contributed by atoms with Crippen LogP contribution < -0.4 is 10.5 Å². The second kappa shape index (κ2) is 7.77. The van der Waals surface area contributed by atoms with Gasteiger partial charge in [-0.2, -0.15) is 9.78 Å². The monoisotopic (exact) mass is 423 g/mol. The Morgan fingerprint density at radius 3 is 2.38 bits per heavy atom. The summed E-state index contributed by atoms with van der Waals surface area (Å²) in [6.07, 6.45) is 3.30. The van der Waals surface area contributed by atoms with Gasteiger partial charge >= 0.3 is 0 Å². The highest BCUT2D eigenvalue weighted by atomic mass is 16.2. The van der Waals surface area contributed by atoms with E-state index in [1.807, 2.05) is 61.0 Å². The van der Waals surface area contributed by atoms with Crippen molar-refractivity contribution < 1.29 is 4.79 Å². The van der Waals surface area contributed by atoms with E-state index in [1.165, 1.54) is 4.68 Å². The van der Waals surface area contributed by atoms with Gasteiger partial charge in [0.25, 0.3) is 11.5 Å². The van der Waals surface area contributed by atoms with Crippen LogP contribution in [-0.2, 0) is 7.05 Å². The van der Waals surface area contributed by atoms with E-state index in [1.54, 1.807) is 41.6 Å². The van der Waals surface area contributed by atoms with E-state index in [9.17, 15) is 9.59 Å². The first-order chi connectivity index (χ1) is 15.6. The number of amides is 1. The van der Waals surface area contributed by atoms with Crippen LogP contribution in [0.3, 0.4) is 0 Å². The molecular formula is C25H21N5O2. The predicted molar refractivity (Wildman–Crippen MR) is 125 cm³/mol. The van der Waals surface area contributed by atoms with E-state index in [0.29, 0.717) is 23.1 Å². The van der Waals surface area contributed by atoms with Crippen LogP contribution >= 0.6 is 0 Å². The van der Waals surface area contributed by atoms with Gasteiger partial charge in [0, 0.05) is 48.0 Å². The van der Waals surface area contributed by atoms with Gasteiger partial charge in [0.05, 0.1) is 5.69 Å². The molecule has 5 rings (SSSR count). The van der Waals surface area contributed by atoms with Gasteiger partial charge in [-0.1, -0.05) is 36.4 Å². The second-order valence-corrected chi connectivity index (χ2v) is 7.46. The molecule has 3 heterocycles. The van der Waals surface area contributed by atoms with Gasteiger partial charge in [0.15, 0.2) is 5.69 Å². The van der Waals surface area contributed by atoms with Crippen molar-refractivity contribution in [1.29, 1.82) is 0 Å². The summed E-state index contributed by atoms with van der Waals surface area (Å²) >= 11 is 0. The SMILES string of the molecule is CCN(C(=O)c1nn(-c2ccccc2)c(=O)c2c1c1ccccc1n2C)c1ccncc1. The van der Waals surface area contributed by atoms with Gasteiger partial charge in [-0.25, -0.2) is 0 Å². The molecule has 0 bridgehead atoms. The molecule has 0 aliphatic heterocycles. The Labute approximate surface area is 184 Å². The fraction of sp³-hybridized carbons (Fsp3) is 0.120. The number of nitrogens with zero attached hydrogens (tertiary/aromatic N) is 5. The molecule has 7 nitrogen and oxygen atoms in total. The fourth-order valence-corrected chi connectivity index (χ4v) is 4.17. The maximum absolute atomic E-state index is 13.9. The number of para-hydroxylation sites is 2. The average Bonchev–Trinajstić information content (AvgIpc) is 3.14. The lowest BCUT2D eigenvalue weighted by atomic mass is 10.1. The summed E-state index contributed by atoms with van der Waals surface area (Å²) in [6, 6.07) is 20.4. The lowest BCUT2D eigenvalue weighted by Crippen LogP contribution is -2.34. The summed E-state index contributed by atoms with van der Waals surface area (Å²) in [4.78, 5) is 33.1. The van der Waals surface area contributed by atoms with Crippen LogP contribution in [0.25, 0.3) is 27.5 Å². The third kappa shape index (κ3) is 2.98. The quantitative estimate of drug-likeness (QED) is 0.439. The number of pyridine rings is 1. The van der Waals surface area contributed by atoms with Crippen LogP contribution in [0, 0.1) is 0 Å². The maximum Gasteiger partial charge on any atom is 0.296 e. The van der Waals surface area contributed by atoms with Crippen LogP contribution in [0.4, 0.5) is 5.69 Å². The van der Waals surface area contributed by atoms with Gasteiger partial charge in [0.2, 0.25) is 0 Å². The zero-order chi connectivity index (χ0) is 22.2. The summed E-state index contributed by atoms with van der Waals surface area (Å²) in [5.41, 5.74) is 2.60. The van der Waals surface area contributed by atoms with Crippen molar-refractivity contribution in [3.63, 3.8) is 0 Å². The molecule has 5 aromatic rings. The van der Waals surface area contributed by atoms with Gasteiger partial charge < -0.3 is 9.47 Å². The third-order valence-electron chi connectivity index (χ3n) is 5.68. The first kappa shape index (κ1) is 19.7. The van der Waals surface area contributed by atoms with Crippen molar-refractivity contribution in [1.82, 2.24) is 19.3 Å². The average molecular weight is 423 g/mol. The predicted octanol–water partition coefficient (Wildman–Crippen LogP) is 3.94. The number of carbonyl (C=O) groups excluding carboxylic acids is 1. The number of hydrogen-bond acceptors (Lipinski definition) is 4. The van der Waals surface area contributed by atoms with Crippen molar-refractivity contribution in [2.45, 2.75) is 6.92 Å². The minimum Gasteiger partial charge on any atom is -0.339 e. The highest BCUT2D eigenvalue weighted by Gasteiger charge is 2.26. The molecule has 0 radical (unpaired) electrons. The van der Waals surface area contributed by atoms with Crippen LogP contribution in [0.5, 0.6) is 0 Å². The first-order valence-electron chi connectivity index (χ1n) is 10.4. The molecule has 0 atom stereocenters. The van der Waals surface area contributed by atoms with E-state index >= 15 is 0 Å². The number of aromatic nitrogens is 4. The summed E-state index contributed by atoms with van der Waals surface area (Å²) in [5, 5.41) is 6.00. The molecule has 3 aromatic heterocycles. The van der Waals surface area contributed by atoms with Crippen molar-refractivity contribution in [2.75, 3.05) is 11.4 Å². The molecule has 7 heteroatoms. The molecule has 0 unspecified atom stereocenters. The van der Waals surface area contributed by atoms with E-state index in [4.69, 9.17) is 0 Å². The normalized spacial score (nSPS) is 11.2. The van der Waals surface area contributed by atoms with E-state index in [0.717, 1.165) is 16.6 Å². The number of aryl methyl sites for hydroxylation is 1. The van der Waals surface area contributed by atoms with Crippen LogP contribution in [0.1, 0.15) is 17.4 Å². The fourth-order valence-electron chi connectivity index (χ4n) is 4.17. The van der Waals surface area contributed by atoms with Crippen LogP contribution in [0.2, 0.25) is 0 Å². The third-order valence-corrected chi connectivity index (χ3v) is 5.68. The molecule has 158 valence electrons. The number of rotatable bonds is 4. The molecule has 2 aromatic carbocycles. The smallest absolute Gasteiger partial charge is 0.296 e. The molecule has 0 N–H and O–H groups in total. The largest absolute Gasteiger partial charge is 0.339 e. The Morgan fingerprint density at radius 2 is 1.66 bits per heavy atom. The molecule has 0 aliphatic carbocycles. The van der Waals surface area contributed by atoms with Gasteiger partial charge in [-0.05, 0) is 37.3 Å². The summed E-state index contributed by atoms with van der Waals surface area (Å²) in [5.74, 6) is -0.273. The van der Waals surface area contributed by atoms with Crippen molar-refractivity contribution in [3.8, 4) is 5.69 Å². The van der Waals surface area contributed by atoms with Crippen LogP contribution in [0.15, 0.2) is 83.9 Å². The minimum atomic E-state index is -0.273. The number of benzene rings is 2. The van der Waals surface area contributed by atoms with Crippen molar-refractivity contribution in [3.05, 3.63) is 95.2 Å². The zero-order valence-electron chi connectivity index (χ0n) is 17.8. The molecule has 0 spiro atoms. The standard InChI is InChI=1S/C25H21N5O2/c1-3-29(17-13-15-26-16-14-17)24(31)22-21-19-11-7-8-12-20(19)28(2)23(21)25(32)30(27-22)18-9-5-4-6-10-18/h4-16H,3H2,1-2H3. The van der Waals surface area contributed by atoms with Gasteiger partial charge in [-0.15, -0.1) is 0 Å². The highest BCUT2D eigenvalue weighted by Crippen LogP contribution is 2.29. The number of hydrogen-bond donors (Lipinski definition) is 0. The number of fused-ring (bicyclic) bond motifs is 3. The Balaban J connectivity index is 1.87. The summed E-state index contributed by atoms with van der Waals surface area (Å²) in [6.45, 7) is 2.35. The topological polar surface area (TPSA) is 73.0 Å². The van der Waals surface area contributed by atoms with Crippen molar-refractivity contribution >= 4 is 33.4 Å². The maximum atomic E-state index is 13.9. The number of carbonyl (C=O) groups is 1. The van der Waals surface area contributed by atoms with Crippen LogP contribution in [-0.4, -0.2) is 31.8 Å². The Bertz CT molecular complexity index is 1500. The minimum absolute atomic E-state index is 0.235. The van der Waals surface area contributed by atoms with Gasteiger partial charge in [0.1, 0.15) is 5.52 Å². The second-order valence-electron chi connectivity index (χ2n) is 7.46. The molecule has 0 aliphatic rings. The highest BCUT2D eigenvalue weighted by molar-refractivity contribution is 6.20. The van der Waals surface area contributed by atoms with Gasteiger partial charge in [-0.3, -0.25) is 14.6 Å². The van der Waals surface area contributed by atoms with E-state index in [-0.39, 0.29) is 17.2 Å².